The largest absolute Gasteiger partial charge is 0.480 e. The number of carbonyl (C=O) groups is 2. The minimum Gasteiger partial charge on any atom is -0.480 e. The molecule has 0 spiro atoms. The molecule has 0 saturated carbocycles. The number of carboxylic acids is 1. The van der Waals surface area contributed by atoms with Gasteiger partial charge >= 0.3 is 11.9 Å². The highest BCUT2D eigenvalue weighted by molar-refractivity contribution is 5.76. The second kappa shape index (κ2) is 8.10. The standard InChI is InChI=1S/C11H21NO4/c1-4-7-9(11(14)15)12(5-2)8-10(13)16-6-3/h9H,4-8H2,1-3H3,(H,14,15). The van der Waals surface area contributed by atoms with Gasteiger partial charge in [0.1, 0.15) is 6.04 Å². The fourth-order valence-electron chi connectivity index (χ4n) is 1.55. The van der Waals surface area contributed by atoms with Crippen LogP contribution in [-0.4, -0.2) is 47.7 Å². The summed E-state index contributed by atoms with van der Waals surface area (Å²) in [5.74, 6) is -1.25. The lowest BCUT2D eigenvalue weighted by Gasteiger charge is -2.26. The number of hydrogen-bond acceptors (Lipinski definition) is 4. The van der Waals surface area contributed by atoms with Gasteiger partial charge in [0, 0.05) is 0 Å². The van der Waals surface area contributed by atoms with Crippen LogP contribution in [0.2, 0.25) is 0 Å². The van der Waals surface area contributed by atoms with Gasteiger partial charge in [-0.3, -0.25) is 14.5 Å². The molecule has 5 heteroatoms. The Morgan fingerprint density at radius 2 is 1.94 bits per heavy atom. The summed E-state index contributed by atoms with van der Waals surface area (Å²) in [5.41, 5.74) is 0. The minimum absolute atomic E-state index is 0.0430. The maximum atomic E-state index is 11.3. The van der Waals surface area contributed by atoms with Crippen molar-refractivity contribution in [1.82, 2.24) is 4.90 Å². The van der Waals surface area contributed by atoms with E-state index in [1.54, 1.807) is 11.8 Å². The molecule has 0 heterocycles. The Hall–Kier alpha value is -1.10. The molecule has 0 rings (SSSR count). The van der Waals surface area contributed by atoms with E-state index in [2.05, 4.69) is 0 Å². The summed E-state index contributed by atoms with van der Waals surface area (Å²) in [6.45, 7) is 6.38. The number of ether oxygens (including phenoxy) is 1. The molecule has 5 nitrogen and oxygen atoms in total. The molecule has 1 atom stereocenters. The number of esters is 1. The second-order valence-electron chi connectivity index (χ2n) is 3.51. The lowest BCUT2D eigenvalue weighted by atomic mass is 10.1. The molecular formula is C11H21NO4. The summed E-state index contributed by atoms with van der Waals surface area (Å²) in [6, 6.07) is -0.598. The topological polar surface area (TPSA) is 66.8 Å². The fraction of sp³-hybridized carbons (Fsp3) is 0.818. The van der Waals surface area contributed by atoms with Gasteiger partial charge in [0.05, 0.1) is 13.2 Å². The average Bonchev–Trinajstić information content (AvgIpc) is 2.23. The Bertz CT molecular complexity index is 230. The van der Waals surface area contributed by atoms with Gasteiger partial charge in [-0.2, -0.15) is 0 Å². The Kier molecular flexibility index (Phi) is 7.54. The van der Waals surface area contributed by atoms with Crippen LogP contribution in [0.5, 0.6) is 0 Å². The number of carboxylic acid groups (broad SMARTS) is 1. The normalized spacial score (nSPS) is 12.5. The van der Waals surface area contributed by atoms with E-state index in [-0.39, 0.29) is 12.5 Å². The summed E-state index contributed by atoms with van der Waals surface area (Å²) in [5, 5.41) is 9.05. The van der Waals surface area contributed by atoms with E-state index in [1.165, 1.54) is 0 Å². The van der Waals surface area contributed by atoms with Crippen molar-refractivity contribution in [2.45, 2.75) is 39.7 Å². The molecule has 0 aromatic heterocycles. The molecule has 0 aliphatic carbocycles. The molecule has 0 bridgehead atoms. The number of likely N-dealkylation sites (N-methyl/N-ethyl adjacent to an activating group) is 1. The first-order chi connectivity index (χ1) is 7.56. The van der Waals surface area contributed by atoms with E-state index >= 15 is 0 Å². The molecular weight excluding hydrogens is 210 g/mol. The third-order valence-corrected chi connectivity index (χ3v) is 2.33. The lowest BCUT2D eigenvalue weighted by Crippen LogP contribution is -2.44. The van der Waals surface area contributed by atoms with Crippen molar-refractivity contribution in [3.05, 3.63) is 0 Å². The monoisotopic (exact) mass is 231 g/mol. The van der Waals surface area contributed by atoms with Gasteiger partial charge in [0.15, 0.2) is 0 Å². The molecule has 0 aliphatic heterocycles. The first kappa shape index (κ1) is 14.9. The van der Waals surface area contributed by atoms with Crippen LogP contribution in [0.15, 0.2) is 0 Å². The molecule has 0 aromatic carbocycles. The van der Waals surface area contributed by atoms with Crippen LogP contribution in [0.1, 0.15) is 33.6 Å². The van der Waals surface area contributed by atoms with Crippen LogP contribution in [0, 0.1) is 0 Å². The second-order valence-corrected chi connectivity index (χ2v) is 3.51. The molecule has 0 radical (unpaired) electrons. The third-order valence-electron chi connectivity index (χ3n) is 2.33. The number of aliphatic carboxylic acids is 1. The quantitative estimate of drug-likeness (QED) is 0.634. The van der Waals surface area contributed by atoms with Crippen molar-refractivity contribution >= 4 is 11.9 Å². The number of nitrogens with zero attached hydrogens (tertiary/aromatic N) is 1. The number of hydrogen-bond donors (Lipinski definition) is 1. The van der Waals surface area contributed by atoms with Crippen LogP contribution in [0.4, 0.5) is 0 Å². The van der Waals surface area contributed by atoms with Gasteiger partial charge in [-0.1, -0.05) is 20.3 Å². The Labute approximate surface area is 96.4 Å². The van der Waals surface area contributed by atoms with Crippen molar-refractivity contribution < 1.29 is 19.4 Å². The summed E-state index contributed by atoms with van der Waals surface area (Å²) in [7, 11) is 0. The number of carbonyl (C=O) groups excluding carboxylic acids is 1. The van der Waals surface area contributed by atoms with Crippen LogP contribution in [0.3, 0.4) is 0 Å². The smallest absolute Gasteiger partial charge is 0.320 e. The fourth-order valence-corrected chi connectivity index (χ4v) is 1.55. The Morgan fingerprint density at radius 1 is 1.31 bits per heavy atom. The van der Waals surface area contributed by atoms with Crippen molar-refractivity contribution in [3.63, 3.8) is 0 Å². The van der Waals surface area contributed by atoms with E-state index in [0.29, 0.717) is 19.6 Å². The zero-order valence-corrected chi connectivity index (χ0v) is 10.2. The van der Waals surface area contributed by atoms with Crippen molar-refractivity contribution in [2.24, 2.45) is 0 Å². The summed E-state index contributed by atoms with van der Waals surface area (Å²) >= 11 is 0. The minimum atomic E-state index is -0.881. The molecule has 16 heavy (non-hydrogen) atoms. The van der Waals surface area contributed by atoms with Gasteiger partial charge in [0.25, 0.3) is 0 Å². The number of rotatable bonds is 8. The van der Waals surface area contributed by atoms with Crippen LogP contribution in [-0.2, 0) is 14.3 Å². The maximum Gasteiger partial charge on any atom is 0.320 e. The van der Waals surface area contributed by atoms with Crippen molar-refractivity contribution in [1.29, 1.82) is 0 Å². The summed E-state index contributed by atoms with van der Waals surface area (Å²) < 4.78 is 4.81. The van der Waals surface area contributed by atoms with Crippen LogP contribution < -0.4 is 0 Å². The average molecular weight is 231 g/mol. The van der Waals surface area contributed by atoms with Crippen LogP contribution in [0.25, 0.3) is 0 Å². The maximum absolute atomic E-state index is 11.3. The summed E-state index contributed by atoms with van der Waals surface area (Å²) in [4.78, 5) is 24.0. The van der Waals surface area contributed by atoms with Crippen molar-refractivity contribution in [2.75, 3.05) is 19.7 Å². The van der Waals surface area contributed by atoms with E-state index in [9.17, 15) is 9.59 Å². The molecule has 0 aromatic rings. The molecule has 0 fully saturated rings. The molecule has 0 amide bonds. The predicted octanol–water partition coefficient (Wildman–Crippen LogP) is 1.12. The first-order valence-corrected chi connectivity index (χ1v) is 5.69. The third kappa shape index (κ3) is 5.11. The van der Waals surface area contributed by atoms with Crippen molar-refractivity contribution in [3.8, 4) is 0 Å². The summed E-state index contributed by atoms with van der Waals surface area (Å²) in [6.07, 6.45) is 1.32. The van der Waals surface area contributed by atoms with Gasteiger partial charge < -0.3 is 9.84 Å². The van der Waals surface area contributed by atoms with E-state index in [1.807, 2.05) is 13.8 Å². The molecule has 0 aliphatic rings. The molecule has 94 valence electrons. The first-order valence-electron chi connectivity index (χ1n) is 5.69. The SMILES string of the molecule is CCCC(C(=O)O)N(CC)CC(=O)OCC. The predicted molar refractivity (Wildman–Crippen MR) is 60.2 cm³/mol. The van der Waals surface area contributed by atoms with Gasteiger partial charge in [0.2, 0.25) is 0 Å². The van der Waals surface area contributed by atoms with Gasteiger partial charge in [-0.05, 0) is 19.9 Å². The molecule has 1 unspecified atom stereocenters. The zero-order valence-electron chi connectivity index (χ0n) is 10.2. The van der Waals surface area contributed by atoms with Crippen LogP contribution >= 0.6 is 0 Å². The Balaban J connectivity index is 4.42. The zero-order chi connectivity index (χ0) is 12.6. The van der Waals surface area contributed by atoms with E-state index in [0.717, 1.165) is 6.42 Å². The van der Waals surface area contributed by atoms with E-state index in [4.69, 9.17) is 9.84 Å². The highest BCUT2D eigenvalue weighted by atomic mass is 16.5. The van der Waals surface area contributed by atoms with Gasteiger partial charge in [-0.25, -0.2) is 0 Å². The van der Waals surface area contributed by atoms with Gasteiger partial charge in [-0.15, -0.1) is 0 Å². The molecule has 1 N–H and O–H groups in total. The molecule has 0 saturated heterocycles. The highest BCUT2D eigenvalue weighted by Gasteiger charge is 2.25. The lowest BCUT2D eigenvalue weighted by molar-refractivity contribution is -0.149. The highest BCUT2D eigenvalue weighted by Crippen LogP contribution is 2.07. The van der Waals surface area contributed by atoms with E-state index < -0.39 is 12.0 Å². The Morgan fingerprint density at radius 3 is 2.31 bits per heavy atom.